The Hall–Kier alpha value is -1.50. The quantitative estimate of drug-likeness (QED) is 0.656. The fourth-order valence-corrected chi connectivity index (χ4v) is 1.79. The molecule has 0 aromatic heterocycles. The zero-order valence-corrected chi connectivity index (χ0v) is 11.3. The molecule has 1 N–H and O–H groups in total. The van der Waals surface area contributed by atoms with Crippen molar-refractivity contribution in [1.82, 2.24) is 5.32 Å². The van der Waals surface area contributed by atoms with Crippen molar-refractivity contribution >= 4 is 17.6 Å². The minimum Gasteiger partial charge on any atom is -0.464 e. The molecular weight excluding hydrogens is 250 g/mol. The summed E-state index contributed by atoms with van der Waals surface area (Å²) in [5.74, 6) is 2.08. The van der Waals surface area contributed by atoms with Crippen molar-refractivity contribution < 1.29 is 9.53 Å². The highest BCUT2D eigenvalue weighted by molar-refractivity contribution is 6.30. The summed E-state index contributed by atoms with van der Waals surface area (Å²) in [6.45, 7) is 4.07. The van der Waals surface area contributed by atoms with Crippen molar-refractivity contribution in [2.45, 2.75) is 19.4 Å². The van der Waals surface area contributed by atoms with Crippen molar-refractivity contribution in [3.8, 4) is 12.3 Å². The van der Waals surface area contributed by atoms with Crippen LogP contribution < -0.4 is 5.32 Å². The molecular formula is C14H16ClNO2. The maximum Gasteiger partial charge on any atom is 0.330 e. The third kappa shape index (κ3) is 3.25. The molecule has 0 aliphatic rings. The van der Waals surface area contributed by atoms with Crippen molar-refractivity contribution in [3.05, 3.63) is 34.9 Å². The van der Waals surface area contributed by atoms with Gasteiger partial charge in [0, 0.05) is 5.02 Å². The number of rotatable bonds is 5. The van der Waals surface area contributed by atoms with Crippen LogP contribution >= 0.6 is 11.6 Å². The van der Waals surface area contributed by atoms with E-state index in [1.807, 2.05) is 6.07 Å². The first kappa shape index (κ1) is 14.6. The first-order valence-corrected chi connectivity index (χ1v) is 6.04. The molecule has 0 saturated heterocycles. The van der Waals surface area contributed by atoms with Crippen molar-refractivity contribution in [3.63, 3.8) is 0 Å². The van der Waals surface area contributed by atoms with Crippen LogP contribution in [0.3, 0.4) is 0 Å². The SMILES string of the molecule is C#CCNC(C)(C(=O)OCC)c1cccc(Cl)c1. The minimum absolute atomic E-state index is 0.266. The van der Waals surface area contributed by atoms with Crippen LogP contribution in [0.5, 0.6) is 0 Å². The van der Waals surface area contributed by atoms with E-state index in [0.29, 0.717) is 11.6 Å². The molecule has 96 valence electrons. The summed E-state index contributed by atoms with van der Waals surface area (Å²) in [4.78, 5) is 12.1. The lowest BCUT2D eigenvalue weighted by Crippen LogP contribution is -2.47. The second kappa shape index (κ2) is 6.44. The molecule has 1 rings (SSSR count). The maximum atomic E-state index is 12.1. The van der Waals surface area contributed by atoms with Gasteiger partial charge in [-0.3, -0.25) is 5.32 Å². The van der Waals surface area contributed by atoms with Crippen molar-refractivity contribution in [2.24, 2.45) is 0 Å². The third-order valence-corrected chi connectivity index (χ3v) is 2.86. The molecule has 0 amide bonds. The lowest BCUT2D eigenvalue weighted by molar-refractivity contribution is -0.150. The molecule has 0 spiro atoms. The predicted molar refractivity (Wildman–Crippen MR) is 72.3 cm³/mol. The van der Waals surface area contributed by atoms with E-state index in [-0.39, 0.29) is 12.5 Å². The number of carbonyl (C=O) groups excluding carboxylic acids is 1. The van der Waals surface area contributed by atoms with Crippen molar-refractivity contribution in [1.29, 1.82) is 0 Å². The van der Waals surface area contributed by atoms with Crippen molar-refractivity contribution in [2.75, 3.05) is 13.2 Å². The van der Waals surface area contributed by atoms with Gasteiger partial charge in [0.25, 0.3) is 0 Å². The monoisotopic (exact) mass is 265 g/mol. The summed E-state index contributed by atoms with van der Waals surface area (Å²) in [7, 11) is 0. The number of hydrogen-bond donors (Lipinski definition) is 1. The van der Waals surface area contributed by atoms with Gasteiger partial charge in [-0.25, -0.2) is 4.79 Å². The third-order valence-electron chi connectivity index (χ3n) is 2.63. The van der Waals surface area contributed by atoms with Crippen LogP contribution in [0.1, 0.15) is 19.4 Å². The summed E-state index contributed by atoms with van der Waals surface area (Å²) < 4.78 is 5.09. The zero-order valence-electron chi connectivity index (χ0n) is 10.5. The zero-order chi connectivity index (χ0) is 13.6. The summed E-state index contributed by atoms with van der Waals surface area (Å²) in [6, 6.07) is 7.07. The van der Waals surface area contributed by atoms with Crippen LogP contribution in [0.25, 0.3) is 0 Å². The maximum absolute atomic E-state index is 12.1. The molecule has 0 fully saturated rings. The van der Waals surface area contributed by atoms with Crippen LogP contribution in [0.4, 0.5) is 0 Å². The van der Waals surface area contributed by atoms with Gasteiger partial charge in [-0.05, 0) is 31.5 Å². The van der Waals surface area contributed by atoms with Gasteiger partial charge in [-0.2, -0.15) is 0 Å². The molecule has 0 bridgehead atoms. The summed E-state index contributed by atoms with van der Waals surface area (Å²) in [6.07, 6.45) is 5.23. The van der Waals surface area contributed by atoms with E-state index in [1.54, 1.807) is 32.0 Å². The molecule has 1 aromatic carbocycles. The largest absolute Gasteiger partial charge is 0.464 e. The fourth-order valence-electron chi connectivity index (χ4n) is 1.59. The standard InChI is InChI=1S/C14H16ClNO2/c1-4-9-16-14(3,13(17)18-5-2)11-7-6-8-12(15)10-11/h1,6-8,10,16H,5,9H2,2-3H3. The van der Waals surface area contributed by atoms with E-state index in [9.17, 15) is 4.79 Å². The first-order chi connectivity index (χ1) is 8.54. The summed E-state index contributed by atoms with van der Waals surface area (Å²) in [5, 5.41) is 3.57. The Bertz CT molecular complexity index is 467. The fraction of sp³-hybridized carbons (Fsp3) is 0.357. The van der Waals surface area contributed by atoms with Crippen LogP contribution in [0, 0.1) is 12.3 Å². The van der Waals surface area contributed by atoms with E-state index in [2.05, 4.69) is 11.2 Å². The Morgan fingerprint density at radius 1 is 1.61 bits per heavy atom. The first-order valence-electron chi connectivity index (χ1n) is 5.66. The predicted octanol–water partition coefficient (Wildman–Crippen LogP) is 2.34. The van der Waals surface area contributed by atoms with Gasteiger partial charge in [-0.15, -0.1) is 6.42 Å². The van der Waals surface area contributed by atoms with Gasteiger partial charge in [0.15, 0.2) is 0 Å². The normalized spacial score (nSPS) is 13.4. The van der Waals surface area contributed by atoms with Gasteiger partial charge in [0.1, 0.15) is 5.54 Å². The average molecular weight is 266 g/mol. The molecule has 0 saturated carbocycles. The average Bonchev–Trinajstić information content (AvgIpc) is 2.36. The Balaban J connectivity index is 3.11. The van der Waals surface area contributed by atoms with Crippen LogP contribution in [0.2, 0.25) is 5.02 Å². The Kier molecular flexibility index (Phi) is 5.21. The van der Waals surface area contributed by atoms with Crippen LogP contribution in [-0.2, 0) is 15.1 Å². The number of carbonyl (C=O) groups is 1. The van der Waals surface area contributed by atoms with E-state index >= 15 is 0 Å². The highest BCUT2D eigenvalue weighted by atomic mass is 35.5. The van der Waals surface area contributed by atoms with Gasteiger partial charge < -0.3 is 4.74 Å². The Labute approximate surface area is 112 Å². The molecule has 0 radical (unpaired) electrons. The number of ether oxygens (including phenoxy) is 1. The van der Waals surface area contributed by atoms with Gasteiger partial charge in [0.05, 0.1) is 13.2 Å². The van der Waals surface area contributed by atoms with Gasteiger partial charge in [0.2, 0.25) is 0 Å². The second-order valence-corrected chi connectivity index (χ2v) is 4.35. The molecule has 0 heterocycles. The number of benzene rings is 1. The highest BCUT2D eigenvalue weighted by Gasteiger charge is 2.36. The molecule has 0 aliphatic heterocycles. The number of hydrogen-bond acceptors (Lipinski definition) is 3. The van der Waals surface area contributed by atoms with E-state index in [1.165, 1.54) is 0 Å². The molecule has 0 aliphatic carbocycles. The lowest BCUT2D eigenvalue weighted by Gasteiger charge is -2.28. The topological polar surface area (TPSA) is 38.3 Å². The minimum atomic E-state index is -0.993. The van der Waals surface area contributed by atoms with E-state index in [4.69, 9.17) is 22.8 Å². The molecule has 1 unspecified atom stereocenters. The number of terminal acetylenes is 1. The number of nitrogens with one attached hydrogen (secondary N) is 1. The smallest absolute Gasteiger partial charge is 0.330 e. The van der Waals surface area contributed by atoms with Gasteiger partial charge in [-0.1, -0.05) is 29.7 Å². The molecule has 1 atom stereocenters. The molecule has 4 heteroatoms. The molecule has 3 nitrogen and oxygen atoms in total. The lowest BCUT2D eigenvalue weighted by atomic mass is 9.92. The Morgan fingerprint density at radius 3 is 2.89 bits per heavy atom. The highest BCUT2D eigenvalue weighted by Crippen LogP contribution is 2.25. The molecule has 18 heavy (non-hydrogen) atoms. The Morgan fingerprint density at radius 2 is 2.33 bits per heavy atom. The number of halogens is 1. The van der Waals surface area contributed by atoms with E-state index < -0.39 is 5.54 Å². The second-order valence-electron chi connectivity index (χ2n) is 3.91. The van der Waals surface area contributed by atoms with E-state index in [0.717, 1.165) is 5.56 Å². The van der Waals surface area contributed by atoms with Gasteiger partial charge >= 0.3 is 5.97 Å². The summed E-state index contributed by atoms with van der Waals surface area (Å²) in [5.41, 5.74) is -0.267. The van der Waals surface area contributed by atoms with Crippen LogP contribution in [0.15, 0.2) is 24.3 Å². The number of esters is 1. The molecule has 1 aromatic rings. The van der Waals surface area contributed by atoms with Crippen LogP contribution in [-0.4, -0.2) is 19.1 Å². The summed E-state index contributed by atoms with van der Waals surface area (Å²) >= 11 is 5.95.